The number of carbonyl (C=O) groups excluding carboxylic acids is 1. The number of halogens is 6. The maximum atomic E-state index is 13.5. The summed E-state index contributed by atoms with van der Waals surface area (Å²) in [5, 5.41) is 21.7. The van der Waals surface area contributed by atoms with Gasteiger partial charge in [0.05, 0.1) is 30.3 Å². The van der Waals surface area contributed by atoms with Gasteiger partial charge in [0.15, 0.2) is 0 Å². The summed E-state index contributed by atoms with van der Waals surface area (Å²) in [6.45, 7) is 0.415. The molecule has 0 spiro atoms. The van der Waals surface area contributed by atoms with Crippen molar-refractivity contribution in [3.8, 4) is 0 Å². The lowest BCUT2D eigenvalue weighted by molar-refractivity contribution is -0.143. The predicted octanol–water partition coefficient (Wildman–Crippen LogP) is 5.11. The number of fused-ring (bicyclic) bond motifs is 1. The number of esters is 1. The van der Waals surface area contributed by atoms with Gasteiger partial charge in [-0.1, -0.05) is 23.3 Å². The van der Waals surface area contributed by atoms with Gasteiger partial charge in [0.1, 0.15) is 5.69 Å². The molecule has 0 aliphatic heterocycles. The molecule has 0 bridgehead atoms. The van der Waals surface area contributed by atoms with Gasteiger partial charge in [-0.05, 0) is 42.0 Å². The molecule has 0 fully saturated rings. The van der Waals surface area contributed by atoms with Gasteiger partial charge in [-0.3, -0.25) is 0 Å². The molecule has 0 saturated heterocycles. The van der Waals surface area contributed by atoms with Crippen LogP contribution in [0, 0.1) is 0 Å². The lowest BCUT2D eigenvalue weighted by Gasteiger charge is -2.23. The monoisotopic (exact) mass is 570 g/mol. The molecule has 4 rings (SSSR count). The highest BCUT2D eigenvalue weighted by molar-refractivity contribution is 6.04. The minimum atomic E-state index is -5.07. The first kappa shape index (κ1) is 28.4. The summed E-state index contributed by atoms with van der Waals surface area (Å²) in [4.78, 5) is 27.3. The number of hydrogen-bond acceptors (Lipinski definition) is 7. The van der Waals surface area contributed by atoms with Crippen molar-refractivity contribution in [2.24, 2.45) is 7.05 Å². The summed E-state index contributed by atoms with van der Waals surface area (Å²) in [6.07, 6.45) is -11.7. The van der Waals surface area contributed by atoms with Crippen molar-refractivity contribution in [1.29, 1.82) is 0 Å². The van der Waals surface area contributed by atoms with Crippen LogP contribution < -0.4 is 4.90 Å². The number of ether oxygens (including phenoxy) is 1. The van der Waals surface area contributed by atoms with Crippen molar-refractivity contribution < 1.29 is 45.8 Å². The third kappa shape index (κ3) is 5.69. The van der Waals surface area contributed by atoms with Gasteiger partial charge in [-0.2, -0.15) is 31.1 Å². The largest absolute Gasteiger partial charge is 0.464 e. The molecule has 16 heteroatoms. The molecule has 10 nitrogen and oxygen atoms in total. The summed E-state index contributed by atoms with van der Waals surface area (Å²) in [7, 11) is 1.39. The molecule has 0 unspecified atom stereocenters. The molecule has 40 heavy (non-hydrogen) atoms. The van der Waals surface area contributed by atoms with Crippen LogP contribution in [0.5, 0.6) is 0 Å². The van der Waals surface area contributed by atoms with Crippen LogP contribution in [0.25, 0.3) is 10.9 Å². The zero-order valence-electron chi connectivity index (χ0n) is 20.8. The van der Waals surface area contributed by atoms with Crippen LogP contribution in [0.2, 0.25) is 0 Å². The summed E-state index contributed by atoms with van der Waals surface area (Å²) in [5.41, 5.74) is -3.62. The van der Waals surface area contributed by atoms with E-state index in [1.807, 2.05) is 0 Å². The Hall–Kier alpha value is -4.63. The first-order chi connectivity index (χ1) is 18.7. The second-order valence-corrected chi connectivity index (χ2v) is 8.53. The number of nitrogens with zero attached hydrogens (tertiary/aromatic N) is 6. The van der Waals surface area contributed by atoms with Gasteiger partial charge < -0.3 is 14.7 Å². The number of carbonyl (C=O) groups is 2. The molecule has 2 aromatic carbocycles. The maximum absolute atomic E-state index is 13.5. The molecule has 0 atom stereocenters. The third-order valence-electron chi connectivity index (χ3n) is 5.79. The molecular weight excluding hydrogens is 550 g/mol. The molecule has 0 amide bonds. The van der Waals surface area contributed by atoms with Crippen LogP contribution in [0.3, 0.4) is 0 Å². The van der Waals surface area contributed by atoms with E-state index in [4.69, 9.17) is 4.74 Å². The molecule has 212 valence electrons. The number of tetrazole rings is 1. The first-order valence-electron chi connectivity index (χ1n) is 11.5. The normalized spacial score (nSPS) is 12.1. The Morgan fingerprint density at radius 2 is 1.62 bits per heavy atom. The number of anilines is 1. The van der Waals surface area contributed by atoms with Crippen LogP contribution >= 0.6 is 0 Å². The van der Waals surface area contributed by atoms with Crippen molar-refractivity contribution in [3.05, 3.63) is 70.4 Å². The quantitative estimate of drug-likeness (QED) is 0.241. The fourth-order valence-corrected chi connectivity index (χ4v) is 4.20. The third-order valence-corrected chi connectivity index (χ3v) is 5.79. The van der Waals surface area contributed by atoms with Crippen LogP contribution in [0.15, 0.2) is 42.5 Å². The summed E-state index contributed by atoms with van der Waals surface area (Å²) in [5.74, 6) is -1.20. The fraction of sp³-hybridized carbons (Fsp3) is 0.292. The second kappa shape index (κ2) is 10.5. The van der Waals surface area contributed by atoms with Crippen molar-refractivity contribution in [2.45, 2.75) is 32.4 Å². The van der Waals surface area contributed by atoms with Gasteiger partial charge in [0.25, 0.3) is 5.95 Å². The molecule has 0 aliphatic rings. The van der Waals surface area contributed by atoms with Gasteiger partial charge in [0.2, 0.25) is 0 Å². The minimum absolute atomic E-state index is 0.00769. The summed E-state index contributed by atoms with van der Waals surface area (Å²) >= 11 is 0. The van der Waals surface area contributed by atoms with Crippen molar-refractivity contribution in [1.82, 2.24) is 24.8 Å². The zero-order chi connectivity index (χ0) is 29.4. The van der Waals surface area contributed by atoms with Crippen molar-refractivity contribution in [2.75, 3.05) is 11.5 Å². The van der Waals surface area contributed by atoms with E-state index >= 15 is 0 Å². The second-order valence-electron chi connectivity index (χ2n) is 8.53. The standard InChI is InChI=1S/C24H20F6N6O4/c1-3-40-20(37)19-17(16-6-4-5-7-18(16)36(19)22(38)39)12-35(21-31-33-34(2)32-21)11-13-8-14(23(25,26)27)10-15(9-13)24(28,29)30/h4-10H,3,11-12H2,1-2H3,(H,38,39). The average molecular weight is 570 g/mol. The van der Waals surface area contributed by atoms with E-state index < -0.39 is 54.2 Å². The van der Waals surface area contributed by atoms with E-state index in [-0.39, 0.29) is 40.8 Å². The highest BCUT2D eigenvalue weighted by atomic mass is 19.4. The summed E-state index contributed by atoms with van der Waals surface area (Å²) in [6, 6.07) is 7.18. The lowest BCUT2D eigenvalue weighted by Crippen LogP contribution is -2.26. The molecule has 0 saturated carbocycles. The van der Waals surface area contributed by atoms with E-state index in [9.17, 15) is 41.0 Å². The highest BCUT2D eigenvalue weighted by Crippen LogP contribution is 2.37. The Kier molecular flexibility index (Phi) is 7.45. The van der Waals surface area contributed by atoms with E-state index in [0.29, 0.717) is 16.7 Å². The number of carboxylic acid groups (broad SMARTS) is 1. The fourth-order valence-electron chi connectivity index (χ4n) is 4.20. The molecule has 2 heterocycles. The van der Waals surface area contributed by atoms with E-state index in [2.05, 4.69) is 15.4 Å². The molecule has 2 aromatic heterocycles. The van der Waals surface area contributed by atoms with Crippen molar-refractivity contribution in [3.63, 3.8) is 0 Å². The van der Waals surface area contributed by atoms with Gasteiger partial charge in [0, 0.05) is 24.0 Å². The molecule has 0 aliphatic carbocycles. The van der Waals surface area contributed by atoms with Crippen LogP contribution in [0.1, 0.15) is 39.7 Å². The van der Waals surface area contributed by atoms with Crippen LogP contribution in [0.4, 0.5) is 37.1 Å². The number of para-hydroxylation sites is 1. The Morgan fingerprint density at radius 3 is 2.15 bits per heavy atom. The number of alkyl halides is 6. The highest BCUT2D eigenvalue weighted by Gasteiger charge is 2.37. The Labute approximate surface area is 221 Å². The Morgan fingerprint density at radius 1 is 1.00 bits per heavy atom. The van der Waals surface area contributed by atoms with E-state index in [0.717, 1.165) is 4.80 Å². The molecular formula is C24H20F6N6O4. The first-order valence-corrected chi connectivity index (χ1v) is 11.5. The summed E-state index contributed by atoms with van der Waals surface area (Å²) < 4.78 is 86.7. The van der Waals surface area contributed by atoms with Crippen LogP contribution in [-0.4, -0.2) is 48.6 Å². The lowest BCUT2D eigenvalue weighted by atomic mass is 10.0. The Balaban J connectivity index is 1.90. The van der Waals surface area contributed by atoms with Crippen LogP contribution in [-0.2, 0) is 37.2 Å². The molecule has 1 N–H and O–H groups in total. The number of rotatable bonds is 7. The van der Waals surface area contributed by atoms with Crippen molar-refractivity contribution >= 4 is 28.9 Å². The average Bonchev–Trinajstić information content (AvgIpc) is 3.44. The number of hydrogen-bond donors (Lipinski definition) is 1. The van der Waals surface area contributed by atoms with Gasteiger partial charge >= 0.3 is 24.4 Å². The number of benzene rings is 2. The van der Waals surface area contributed by atoms with Gasteiger partial charge in [-0.25, -0.2) is 14.2 Å². The zero-order valence-corrected chi connectivity index (χ0v) is 20.8. The smallest absolute Gasteiger partial charge is 0.416 e. The SMILES string of the molecule is CCOC(=O)c1c(CN(Cc2cc(C(F)(F)F)cc(C(F)(F)F)c2)c2nnn(C)n2)c2ccccc2n1C(=O)O. The predicted molar refractivity (Wildman–Crippen MR) is 126 cm³/mol. The van der Waals surface area contributed by atoms with E-state index in [1.165, 1.54) is 37.1 Å². The molecule has 4 aromatic rings. The van der Waals surface area contributed by atoms with Gasteiger partial charge in [-0.15, -0.1) is 5.10 Å². The van der Waals surface area contributed by atoms with E-state index in [1.54, 1.807) is 6.07 Å². The maximum Gasteiger partial charge on any atom is 0.416 e. The Bertz CT molecular complexity index is 1540. The molecule has 0 radical (unpaired) electrons. The number of aryl methyl sites for hydroxylation is 1. The topological polar surface area (TPSA) is 115 Å². The number of aromatic nitrogens is 5. The minimum Gasteiger partial charge on any atom is -0.464 e.